The summed E-state index contributed by atoms with van der Waals surface area (Å²) in [4.78, 5) is 30.3. The summed E-state index contributed by atoms with van der Waals surface area (Å²) in [6.45, 7) is 7.54. The zero-order valence-electron chi connectivity index (χ0n) is 18.5. The largest absolute Gasteiger partial charge is 0.366 e. The smallest absolute Gasteiger partial charge is 0.282 e. The number of carbonyl (C=O) groups excluding carboxylic acids is 2. The summed E-state index contributed by atoms with van der Waals surface area (Å²) in [5, 5.41) is 5.18. The molecule has 0 unspecified atom stereocenters. The molecule has 2 aromatic carbocycles. The van der Waals surface area contributed by atoms with Crippen molar-refractivity contribution in [3.63, 3.8) is 0 Å². The molecule has 2 amide bonds. The van der Waals surface area contributed by atoms with Gasteiger partial charge >= 0.3 is 0 Å². The van der Waals surface area contributed by atoms with Crippen molar-refractivity contribution >= 4 is 33.1 Å². The normalized spacial score (nSPS) is 18.1. The third-order valence-corrected chi connectivity index (χ3v) is 7.16. The van der Waals surface area contributed by atoms with Crippen LogP contribution in [-0.2, 0) is 19.6 Å². The Kier molecular flexibility index (Phi) is 5.68. The molecule has 1 fully saturated rings. The van der Waals surface area contributed by atoms with E-state index in [1.54, 1.807) is 0 Å². The second kappa shape index (κ2) is 8.18. The molecule has 0 radical (unpaired) electrons. The average molecular weight is 454 g/mol. The number of benzene rings is 2. The summed E-state index contributed by atoms with van der Waals surface area (Å²) >= 11 is 0. The number of primary sulfonamides is 1. The fourth-order valence-corrected chi connectivity index (χ4v) is 4.92. The van der Waals surface area contributed by atoms with E-state index in [1.807, 2.05) is 36.9 Å². The van der Waals surface area contributed by atoms with Gasteiger partial charge in [0.1, 0.15) is 5.70 Å². The van der Waals surface area contributed by atoms with Crippen molar-refractivity contribution in [2.24, 2.45) is 11.1 Å². The fraction of sp³-hybridized carbons (Fsp3) is 0.333. The molecule has 0 aromatic heterocycles. The van der Waals surface area contributed by atoms with Gasteiger partial charge in [0.25, 0.3) is 11.8 Å². The second-order valence-corrected chi connectivity index (χ2v) is 10.3. The molecule has 2 N–H and O–H groups in total. The van der Waals surface area contributed by atoms with Gasteiger partial charge in [-0.05, 0) is 68.0 Å². The molecule has 7 nitrogen and oxygen atoms in total. The van der Waals surface area contributed by atoms with Crippen LogP contribution >= 0.6 is 0 Å². The minimum atomic E-state index is -3.87. The summed E-state index contributed by atoms with van der Waals surface area (Å²) in [7, 11) is -3.87. The number of nitrogens with zero attached hydrogens (tertiary/aromatic N) is 2. The lowest BCUT2D eigenvalue weighted by Gasteiger charge is -2.32. The monoisotopic (exact) mass is 453 g/mol. The fourth-order valence-electron chi connectivity index (χ4n) is 4.40. The molecule has 0 saturated carbocycles. The summed E-state index contributed by atoms with van der Waals surface area (Å²) in [6, 6.07) is 11.3. The lowest BCUT2D eigenvalue weighted by atomic mass is 9.95. The molecule has 0 spiro atoms. The number of likely N-dealkylation sites (tertiary alicyclic amines) is 1. The van der Waals surface area contributed by atoms with Gasteiger partial charge in [-0.25, -0.2) is 18.5 Å². The van der Waals surface area contributed by atoms with E-state index in [9.17, 15) is 18.0 Å². The standard InChI is InChI=1S/C24H27N3O4S/c1-15-10-12-26(13-11-15)22-21(20-9-4-16(2)14-17(20)3)23(28)27(24(22)29)18-5-7-19(8-6-18)32(25,30)31/h4-9,14-15H,10-13H2,1-3H3,(H2,25,30,31). The molecule has 2 heterocycles. The van der Waals surface area contributed by atoms with E-state index in [1.165, 1.54) is 24.3 Å². The van der Waals surface area contributed by atoms with Crippen molar-refractivity contribution in [2.45, 2.75) is 38.5 Å². The van der Waals surface area contributed by atoms with Crippen LogP contribution in [0.25, 0.3) is 5.57 Å². The highest BCUT2D eigenvalue weighted by molar-refractivity contribution is 7.89. The number of sulfonamides is 1. The molecule has 2 aromatic rings. The van der Waals surface area contributed by atoms with Crippen LogP contribution in [0.4, 0.5) is 5.69 Å². The summed E-state index contributed by atoms with van der Waals surface area (Å²) in [6.07, 6.45) is 1.91. The van der Waals surface area contributed by atoms with Crippen LogP contribution in [0.15, 0.2) is 53.1 Å². The van der Waals surface area contributed by atoms with Crippen LogP contribution in [-0.4, -0.2) is 38.2 Å². The molecule has 1 saturated heterocycles. The third-order valence-electron chi connectivity index (χ3n) is 6.23. The predicted octanol–water partition coefficient (Wildman–Crippen LogP) is 2.97. The Balaban J connectivity index is 1.81. The van der Waals surface area contributed by atoms with Gasteiger partial charge in [-0.3, -0.25) is 9.59 Å². The van der Waals surface area contributed by atoms with Crippen LogP contribution in [0, 0.1) is 19.8 Å². The number of hydrogen-bond donors (Lipinski definition) is 1. The zero-order chi connectivity index (χ0) is 23.2. The molecule has 0 aliphatic carbocycles. The maximum absolute atomic E-state index is 13.6. The molecule has 2 aliphatic rings. The average Bonchev–Trinajstić information content (AvgIpc) is 2.98. The first-order valence-electron chi connectivity index (χ1n) is 10.7. The van der Waals surface area contributed by atoms with Gasteiger partial charge < -0.3 is 4.90 Å². The van der Waals surface area contributed by atoms with Crippen molar-refractivity contribution in [1.82, 2.24) is 4.90 Å². The summed E-state index contributed by atoms with van der Waals surface area (Å²) < 4.78 is 23.2. The quantitative estimate of drug-likeness (QED) is 0.718. The minimum Gasteiger partial charge on any atom is -0.366 e. The third kappa shape index (κ3) is 3.96. The van der Waals surface area contributed by atoms with Gasteiger partial charge in [0, 0.05) is 13.1 Å². The molecular formula is C24H27N3O4S. The summed E-state index contributed by atoms with van der Waals surface area (Å²) in [5.74, 6) is -0.215. The predicted molar refractivity (Wildman–Crippen MR) is 123 cm³/mol. The second-order valence-electron chi connectivity index (χ2n) is 8.70. The van der Waals surface area contributed by atoms with E-state index in [0.717, 1.165) is 34.4 Å². The van der Waals surface area contributed by atoms with Crippen molar-refractivity contribution in [2.75, 3.05) is 18.0 Å². The Morgan fingerprint density at radius 3 is 2.12 bits per heavy atom. The highest BCUT2D eigenvalue weighted by Gasteiger charge is 2.43. The number of rotatable bonds is 4. The topological polar surface area (TPSA) is 101 Å². The molecular weight excluding hydrogens is 426 g/mol. The lowest BCUT2D eigenvalue weighted by molar-refractivity contribution is -0.120. The van der Waals surface area contributed by atoms with E-state index < -0.39 is 15.9 Å². The molecule has 2 aliphatic heterocycles. The zero-order valence-corrected chi connectivity index (χ0v) is 19.3. The summed E-state index contributed by atoms with van der Waals surface area (Å²) in [5.41, 5.74) is 3.88. The van der Waals surface area contributed by atoms with Crippen molar-refractivity contribution < 1.29 is 18.0 Å². The Morgan fingerprint density at radius 2 is 1.56 bits per heavy atom. The Hall–Kier alpha value is -2.97. The van der Waals surface area contributed by atoms with Gasteiger partial charge in [-0.1, -0.05) is 30.7 Å². The van der Waals surface area contributed by atoms with Crippen LogP contribution in [0.3, 0.4) is 0 Å². The van der Waals surface area contributed by atoms with Crippen molar-refractivity contribution in [3.8, 4) is 0 Å². The molecule has 8 heteroatoms. The van der Waals surface area contributed by atoms with Crippen LogP contribution < -0.4 is 10.0 Å². The first-order valence-corrected chi connectivity index (χ1v) is 12.2. The SMILES string of the molecule is Cc1ccc(C2=C(N3CCC(C)CC3)C(=O)N(c3ccc(S(N)(=O)=O)cc3)C2=O)c(C)c1. The van der Waals surface area contributed by atoms with Crippen LogP contribution in [0.1, 0.15) is 36.5 Å². The van der Waals surface area contributed by atoms with Crippen LogP contribution in [0.2, 0.25) is 0 Å². The molecule has 0 atom stereocenters. The highest BCUT2D eigenvalue weighted by Crippen LogP contribution is 2.37. The van der Waals surface area contributed by atoms with E-state index in [2.05, 4.69) is 6.92 Å². The number of imide groups is 1. The first-order chi connectivity index (χ1) is 15.1. The molecule has 4 rings (SSSR count). The Morgan fingerprint density at radius 1 is 0.938 bits per heavy atom. The van der Waals surface area contributed by atoms with Gasteiger partial charge in [0.2, 0.25) is 10.0 Å². The van der Waals surface area contributed by atoms with Crippen molar-refractivity contribution in [1.29, 1.82) is 0 Å². The van der Waals surface area contributed by atoms with Gasteiger partial charge in [0.15, 0.2) is 0 Å². The van der Waals surface area contributed by atoms with Crippen molar-refractivity contribution in [3.05, 3.63) is 64.9 Å². The maximum Gasteiger partial charge on any atom is 0.282 e. The van der Waals surface area contributed by atoms with Crippen LogP contribution in [0.5, 0.6) is 0 Å². The lowest BCUT2D eigenvalue weighted by Crippen LogP contribution is -2.38. The molecule has 168 valence electrons. The van der Waals surface area contributed by atoms with E-state index in [-0.39, 0.29) is 10.8 Å². The van der Waals surface area contributed by atoms with Gasteiger partial charge in [0.05, 0.1) is 16.2 Å². The number of nitrogens with two attached hydrogens (primary N) is 1. The van der Waals surface area contributed by atoms with E-state index in [0.29, 0.717) is 36.0 Å². The van der Waals surface area contributed by atoms with Gasteiger partial charge in [-0.2, -0.15) is 0 Å². The first kappa shape index (κ1) is 22.2. The maximum atomic E-state index is 13.6. The Bertz CT molecular complexity index is 1220. The minimum absolute atomic E-state index is 0.0758. The van der Waals surface area contributed by atoms with Gasteiger partial charge in [-0.15, -0.1) is 0 Å². The number of hydrogen-bond acceptors (Lipinski definition) is 5. The highest BCUT2D eigenvalue weighted by atomic mass is 32.2. The number of carbonyl (C=O) groups is 2. The van der Waals surface area contributed by atoms with E-state index in [4.69, 9.17) is 5.14 Å². The number of amides is 2. The molecule has 32 heavy (non-hydrogen) atoms. The Labute approximate surface area is 188 Å². The van der Waals surface area contributed by atoms with E-state index >= 15 is 0 Å². The molecule has 0 bridgehead atoms. The number of piperidine rings is 1. The number of anilines is 1. The number of aryl methyl sites for hydroxylation is 2.